The first kappa shape index (κ1) is 16.4. The highest BCUT2D eigenvalue weighted by Gasteiger charge is 2.13. The zero-order valence-corrected chi connectivity index (χ0v) is 15.0. The first-order chi connectivity index (χ1) is 11.6. The van der Waals surface area contributed by atoms with Gasteiger partial charge in [0, 0.05) is 45.1 Å². The smallest absolute Gasteiger partial charge is 0.110 e. The Morgan fingerprint density at radius 1 is 1.04 bits per heavy atom. The maximum Gasteiger partial charge on any atom is 0.110 e. The molecule has 2 aromatic carbocycles. The Labute approximate surface area is 148 Å². The summed E-state index contributed by atoms with van der Waals surface area (Å²) < 4.78 is 11.6. The number of nitriles is 1. The van der Waals surface area contributed by atoms with E-state index in [4.69, 9.17) is 0 Å². The van der Waals surface area contributed by atoms with Crippen molar-refractivity contribution in [2.24, 2.45) is 0 Å². The second kappa shape index (κ2) is 7.00. The highest BCUT2D eigenvalue weighted by Crippen LogP contribution is 2.39. The highest BCUT2D eigenvalue weighted by molar-refractivity contribution is 7.84. The third-order valence-corrected chi connectivity index (χ3v) is 5.80. The predicted molar refractivity (Wildman–Crippen MR) is 102 cm³/mol. The van der Waals surface area contributed by atoms with Gasteiger partial charge < -0.3 is 5.32 Å². The first-order valence-corrected chi connectivity index (χ1v) is 9.76. The Kier molecular flexibility index (Phi) is 4.79. The van der Waals surface area contributed by atoms with Crippen LogP contribution in [0.5, 0.6) is 0 Å². The summed E-state index contributed by atoms with van der Waals surface area (Å²) in [5.41, 5.74) is 4.18. The summed E-state index contributed by atoms with van der Waals surface area (Å²) in [6, 6.07) is 20.0. The van der Waals surface area contributed by atoms with Gasteiger partial charge in [-0.25, -0.2) is 0 Å². The van der Waals surface area contributed by atoms with Crippen molar-refractivity contribution in [2.75, 3.05) is 18.6 Å². The number of thiophene rings is 1. The van der Waals surface area contributed by atoms with Crippen LogP contribution < -0.4 is 5.32 Å². The molecule has 1 aromatic heterocycles. The van der Waals surface area contributed by atoms with Crippen molar-refractivity contribution in [1.82, 2.24) is 0 Å². The van der Waals surface area contributed by atoms with Crippen molar-refractivity contribution in [1.29, 1.82) is 5.26 Å². The molecule has 3 aromatic rings. The van der Waals surface area contributed by atoms with E-state index in [9.17, 15) is 9.47 Å². The zero-order chi connectivity index (χ0) is 17.1. The maximum atomic E-state index is 11.6. The molecule has 0 saturated heterocycles. The molecule has 1 heterocycles. The topological polar surface area (TPSA) is 52.9 Å². The van der Waals surface area contributed by atoms with Gasteiger partial charge in [-0.2, -0.15) is 5.26 Å². The van der Waals surface area contributed by atoms with Gasteiger partial charge in [-0.3, -0.25) is 4.21 Å². The normalized spacial score (nSPS) is 11.7. The average molecular weight is 352 g/mol. The predicted octanol–water partition coefficient (Wildman–Crippen LogP) is 4.73. The SMILES string of the molecule is CNc1ccc(-c2sc(C#N)cc2-c2ccc(S(C)=O)cc2)cc1. The van der Waals surface area contributed by atoms with Crippen molar-refractivity contribution in [2.45, 2.75) is 4.90 Å². The molecule has 0 amide bonds. The molecule has 120 valence electrons. The minimum Gasteiger partial charge on any atom is -0.388 e. The number of nitrogens with zero attached hydrogens (tertiary/aromatic N) is 1. The van der Waals surface area contributed by atoms with E-state index < -0.39 is 10.8 Å². The lowest BCUT2D eigenvalue weighted by Gasteiger charge is -2.06. The Morgan fingerprint density at radius 2 is 1.67 bits per heavy atom. The fourth-order valence-corrected chi connectivity index (χ4v) is 3.99. The fourth-order valence-electron chi connectivity index (χ4n) is 2.49. The van der Waals surface area contributed by atoms with Gasteiger partial charge >= 0.3 is 0 Å². The monoisotopic (exact) mass is 352 g/mol. The lowest BCUT2D eigenvalue weighted by Crippen LogP contribution is -1.88. The van der Waals surface area contributed by atoms with Crippen molar-refractivity contribution in [3.8, 4) is 27.6 Å². The van der Waals surface area contributed by atoms with Gasteiger partial charge in [0.05, 0.1) is 0 Å². The minimum atomic E-state index is -0.992. The van der Waals surface area contributed by atoms with Gasteiger partial charge in [0.25, 0.3) is 0 Å². The number of anilines is 1. The molecule has 3 rings (SSSR count). The lowest BCUT2D eigenvalue weighted by molar-refractivity contribution is 0.687. The first-order valence-electron chi connectivity index (χ1n) is 7.38. The molecule has 0 fully saturated rings. The molecule has 3 nitrogen and oxygen atoms in total. The van der Waals surface area contributed by atoms with E-state index in [1.807, 2.05) is 49.5 Å². The Balaban J connectivity index is 2.08. The molecule has 0 saturated carbocycles. The third kappa shape index (κ3) is 3.25. The van der Waals surface area contributed by atoms with Crippen molar-refractivity contribution in [3.63, 3.8) is 0 Å². The van der Waals surface area contributed by atoms with Crippen LogP contribution in [0.1, 0.15) is 4.88 Å². The molecular weight excluding hydrogens is 336 g/mol. The van der Waals surface area contributed by atoms with Crippen LogP contribution in [-0.4, -0.2) is 17.5 Å². The van der Waals surface area contributed by atoms with E-state index in [1.54, 1.807) is 6.26 Å². The number of hydrogen-bond donors (Lipinski definition) is 1. The molecule has 0 aliphatic carbocycles. The second-order valence-corrected chi connectivity index (χ2v) is 7.70. The van der Waals surface area contributed by atoms with E-state index in [1.165, 1.54) is 11.3 Å². The van der Waals surface area contributed by atoms with E-state index in [0.717, 1.165) is 32.2 Å². The quantitative estimate of drug-likeness (QED) is 0.738. The van der Waals surface area contributed by atoms with Crippen LogP contribution in [0.2, 0.25) is 0 Å². The van der Waals surface area contributed by atoms with Crippen LogP contribution in [0.25, 0.3) is 21.6 Å². The van der Waals surface area contributed by atoms with Gasteiger partial charge in [0.2, 0.25) is 0 Å². The van der Waals surface area contributed by atoms with Gasteiger partial charge in [-0.15, -0.1) is 11.3 Å². The average Bonchev–Trinajstić information content (AvgIpc) is 3.06. The molecule has 0 aliphatic heterocycles. The molecule has 0 spiro atoms. The van der Waals surface area contributed by atoms with Crippen LogP contribution in [0.15, 0.2) is 59.5 Å². The van der Waals surface area contributed by atoms with Crippen molar-refractivity contribution < 1.29 is 4.21 Å². The zero-order valence-electron chi connectivity index (χ0n) is 13.4. The molecule has 0 bridgehead atoms. The molecular formula is C19H16N2OS2. The summed E-state index contributed by atoms with van der Waals surface area (Å²) in [6.45, 7) is 0. The lowest BCUT2D eigenvalue weighted by atomic mass is 10.0. The summed E-state index contributed by atoms with van der Waals surface area (Å²) in [5, 5.41) is 12.4. The van der Waals surface area contributed by atoms with Crippen molar-refractivity contribution in [3.05, 3.63) is 59.5 Å². The summed E-state index contributed by atoms with van der Waals surface area (Å²) in [4.78, 5) is 2.55. The van der Waals surface area contributed by atoms with E-state index in [0.29, 0.717) is 4.88 Å². The molecule has 0 radical (unpaired) electrons. The Morgan fingerprint density at radius 3 is 2.21 bits per heavy atom. The van der Waals surface area contributed by atoms with Crippen LogP contribution in [0.3, 0.4) is 0 Å². The number of benzene rings is 2. The molecule has 1 atom stereocenters. The van der Waals surface area contributed by atoms with E-state index in [-0.39, 0.29) is 0 Å². The van der Waals surface area contributed by atoms with Crippen LogP contribution >= 0.6 is 11.3 Å². The fraction of sp³-hybridized carbons (Fsp3) is 0.105. The number of rotatable bonds is 4. The summed E-state index contributed by atoms with van der Waals surface area (Å²) in [7, 11) is 0.896. The van der Waals surface area contributed by atoms with Gasteiger partial charge in [-0.1, -0.05) is 24.3 Å². The molecule has 0 aliphatic rings. The molecule has 5 heteroatoms. The number of hydrogen-bond acceptors (Lipinski definition) is 4. The largest absolute Gasteiger partial charge is 0.388 e. The van der Waals surface area contributed by atoms with E-state index in [2.05, 4.69) is 23.5 Å². The standard InChI is InChI=1S/C19H16N2OS2/c1-21-15-7-3-14(4-8-15)19-18(11-16(12-20)23-19)13-5-9-17(10-6-13)24(2)22/h3-11,21H,1-2H3. The van der Waals surface area contributed by atoms with Crippen LogP contribution in [0.4, 0.5) is 5.69 Å². The molecule has 1 N–H and O–H groups in total. The molecule has 1 unspecified atom stereocenters. The number of nitrogens with one attached hydrogen (secondary N) is 1. The minimum absolute atomic E-state index is 0.681. The van der Waals surface area contributed by atoms with Crippen molar-refractivity contribution >= 4 is 27.8 Å². The maximum absolute atomic E-state index is 11.6. The summed E-state index contributed by atoms with van der Waals surface area (Å²) in [6.07, 6.45) is 1.67. The third-order valence-electron chi connectivity index (χ3n) is 3.78. The van der Waals surface area contributed by atoms with Gasteiger partial charge in [-0.05, 0) is 41.5 Å². The molecule has 24 heavy (non-hydrogen) atoms. The Hall–Kier alpha value is -2.42. The van der Waals surface area contributed by atoms with Crippen LogP contribution in [-0.2, 0) is 10.8 Å². The second-order valence-electron chi connectivity index (χ2n) is 5.27. The van der Waals surface area contributed by atoms with Gasteiger partial charge in [0.15, 0.2) is 0 Å². The highest BCUT2D eigenvalue weighted by atomic mass is 32.2. The summed E-state index contributed by atoms with van der Waals surface area (Å²) in [5.74, 6) is 0. The van der Waals surface area contributed by atoms with E-state index >= 15 is 0 Å². The summed E-state index contributed by atoms with van der Waals surface area (Å²) >= 11 is 1.49. The van der Waals surface area contributed by atoms with Gasteiger partial charge in [0.1, 0.15) is 10.9 Å². The Bertz CT molecular complexity index is 919. The van der Waals surface area contributed by atoms with Crippen LogP contribution in [0, 0.1) is 11.3 Å².